The molecule has 0 bridgehead atoms. The molecule has 2 nitrogen and oxygen atoms in total. The Morgan fingerprint density at radius 3 is 1.81 bits per heavy atom. The molecule has 2 heteroatoms. The van der Waals surface area contributed by atoms with Gasteiger partial charge >= 0.3 is 0 Å². The summed E-state index contributed by atoms with van der Waals surface area (Å²) < 4.78 is 0. The molecule has 0 aromatic heterocycles. The Kier molecular flexibility index (Phi) is 8.04. The van der Waals surface area contributed by atoms with Crippen LogP contribution >= 0.6 is 0 Å². The van der Waals surface area contributed by atoms with Gasteiger partial charge in [0.1, 0.15) is 0 Å². The second-order valence-corrected chi connectivity index (χ2v) is 5.38. The van der Waals surface area contributed by atoms with Crippen LogP contribution in [0.4, 0.5) is 0 Å². The van der Waals surface area contributed by atoms with Gasteiger partial charge in [-0.2, -0.15) is 0 Å². The first-order valence-electron chi connectivity index (χ1n) is 6.90. The summed E-state index contributed by atoms with van der Waals surface area (Å²) >= 11 is 0. The average Bonchev–Trinajstić information content (AvgIpc) is 2.26. The predicted molar refractivity (Wildman–Crippen MR) is 73.9 cm³/mol. The molecule has 0 radical (unpaired) electrons. The highest BCUT2D eigenvalue weighted by molar-refractivity contribution is 4.82. The van der Waals surface area contributed by atoms with Crippen molar-refractivity contribution < 1.29 is 0 Å². The molecular weight excluding hydrogens is 196 g/mol. The predicted octanol–water partition coefficient (Wildman–Crippen LogP) is 3.13. The number of hydrogen-bond donors (Lipinski definition) is 1. The number of likely N-dealkylation sites (N-methyl/N-ethyl adjacent to an activating group) is 1. The van der Waals surface area contributed by atoms with E-state index < -0.39 is 0 Å². The van der Waals surface area contributed by atoms with E-state index in [1.165, 1.54) is 19.4 Å². The summed E-state index contributed by atoms with van der Waals surface area (Å²) in [5.41, 5.74) is 0. The maximum absolute atomic E-state index is 3.38. The van der Waals surface area contributed by atoms with E-state index in [4.69, 9.17) is 0 Å². The molecule has 1 N–H and O–H groups in total. The normalized spacial score (nSPS) is 16.1. The number of hydrogen-bond acceptors (Lipinski definition) is 2. The molecular formula is C14H32N2. The highest BCUT2D eigenvalue weighted by Gasteiger charge is 2.24. The summed E-state index contributed by atoms with van der Waals surface area (Å²) in [6.07, 6.45) is 2.51. The van der Waals surface area contributed by atoms with Crippen LogP contribution in [-0.4, -0.2) is 36.6 Å². The zero-order valence-corrected chi connectivity index (χ0v) is 12.4. The molecule has 98 valence electrons. The SMILES string of the molecule is CCC(CC)N(CC(C)C)C(C)C(C)NC. The number of rotatable bonds is 8. The van der Waals surface area contributed by atoms with Crippen molar-refractivity contribution in [1.29, 1.82) is 0 Å². The largest absolute Gasteiger partial charge is 0.316 e. The summed E-state index contributed by atoms with van der Waals surface area (Å²) in [4.78, 5) is 2.69. The fourth-order valence-corrected chi connectivity index (χ4v) is 2.36. The fraction of sp³-hybridized carbons (Fsp3) is 1.00. The minimum Gasteiger partial charge on any atom is -0.316 e. The van der Waals surface area contributed by atoms with Crippen molar-refractivity contribution in [3.63, 3.8) is 0 Å². The first-order chi connectivity index (χ1) is 7.47. The average molecular weight is 228 g/mol. The third kappa shape index (κ3) is 4.84. The zero-order chi connectivity index (χ0) is 12.7. The Bertz CT molecular complexity index is 164. The summed E-state index contributed by atoms with van der Waals surface area (Å²) in [7, 11) is 2.06. The Balaban J connectivity index is 4.63. The van der Waals surface area contributed by atoms with Gasteiger partial charge in [0.15, 0.2) is 0 Å². The van der Waals surface area contributed by atoms with Gasteiger partial charge in [0.2, 0.25) is 0 Å². The lowest BCUT2D eigenvalue weighted by atomic mass is 10.0. The molecule has 0 heterocycles. The van der Waals surface area contributed by atoms with E-state index in [9.17, 15) is 0 Å². The molecule has 2 unspecified atom stereocenters. The van der Waals surface area contributed by atoms with Gasteiger partial charge in [0.25, 0.3) is 0 Å². The maximum Gasteiger partial charge on any atom is 0.0221 e. The molecule has 0 fully saturated rings. The second kappa shape index (κ2) is 8.08. The molecule has 0 aromatic carbocycles. The molecule has 0 aliphatic carbocycles. The van der Waals surface area contributed by atoms with Gasteiger partial charge in [-0.1, -0.05) is 27.7 Å². The minimum atomic E-state index is 0.555. The van der Waals surface area contributed by atoms with E-state index in [0.717, 1.165) is 12.0 Å². The van der Waals surface area contributed by atoms with E-state index >= 15 is 0 Å². The van der Waals surface area contributed by atoms with E-state index in [1.54, 1.807) is 0 Å². The maximum atomic E-state index is 3.38. The Morgan fingerprint density at radius 2 is 1.50 bits per heavy atom. The first-order valence-corrected chi connectivity index (χ1v) is 6.90. The van der Waals surface area contributed by atoms with Gasteiger partial charge in [-0.25, -0.2) is 0 Å². The highest BCUT2D eigenvalue weighted by atomic mass is 15.2. The van der Waals surface area contributed by atoms with Crippen molar-refractivity contribution in [2.24, 2.45) is 5.92 Å². The molecule has 0 aliphatic heterocycles. The van der Waals surface area contributed by atoms with Crippen molar-refractivity contribution in [2.75, 3.05) is 13.6 Å². The van der Waals surface area contributed by atoms with Crippen LogP contribution in [0.2, 0.25) is 0 Å². The quantitative estimate of drug-likeness (QED) is 0.686. The van der Waals surface area contributed by atoms with Crippen molar-refractivity contribution in [3.05, 3.63) is 0 Å². The van der Waals surface area contributed by atoms with Gasteiger partial charge in [0, 0.05) is 24.7 Å². The van der Waals surface area contributed by atoms with Gasteiger partial charge in [0.05, 0.1) is 0 Å². The smallest absolute Gasteiger partial charge is 0.0221 e. The van der Waals surface area contributed by atoms with E-state index in [-0.39, 0.29) is 0 Å². The second-order valence-electron chi connectivity index (χ2n) is 5.38. The molecule has 0 saturated carbocycles. The fourth-order valence-electron chi connectivity index (χ4n) is 2.36. The Morgan fingerprint density at radius 1 is 1.00 bits per heavy atom. The topological polar surface area (TPSA) is 15.3 Å². The molecule has 0 aliphatic rings. The number of nitrogens with zero attached hydrogens (tertiary/aromatic N) is 1. The first kappa shape index (κ1) is 15.9. The third-order valence-corrected chi connectivity index (χ3v) is 3.69. The summed E-state index contributed by atoms with van der Waals surface area (Å²) in [6.45, 7) is 15.1. The third-order valence-electron chi connectivity index (χ3n) is 3.69. The Labute approximate surface area is 103 Å². The lowest BCUT2D eigenvalue weighted by molar-refractivity contribution is 0.0993. The van der Waals surface area contributed by atoms with Gasteiger partial charge < -0.3 is 5.32 Å². The number of nitrogens with one attached hydrogen (secondary N) is 1. The van der Waals surface area contributed by atoms with Crippen LogP contribution in [0, 0.1) is 5.92 Å². The standard InChI is InChI=1S/C14H32N2/c1-8-14(9-2)16(10-11(3)4)13(6)12(5)15-7/h11-15H,8-10H2,1-7H3. The zero-order valence-electron chi connectivity index (χ0n) is 12.4. The lowest BCUT2D eigenvalue weighted by Crippen LogP contribution is -2.51. The van der Waals surface area contributed by atoms with Crippen LogP contribution in [-0.2, 0) is 0 Å². The van der Waals surface area contributed by atoms with E-state index in [0.29, 0.717) is 12.1 Å². The van der Waals surface area contributed by atoms with Crippen LogP contribution in [0.25, 0.3) is 0 Å². The van der Waals surface area contributed by atoms with Crippen LogP contribution in [0.5, 0.6) is 0 Å². The lowest BCUT2D eigenvalue weighted by Gasteiger charge is -2.39. The van der Waals surface area contributed by atoms with Crippen LogP contribution in [0.1, 0.15) is 54.4 Å². The van der Waals surface area contributed by atoms with Gasteiger partial charge in [-0.3, -0.25) is 4.90 Å². The summed E-state index contributed by atoms with van der Waals surface area (Å²) in [5.74, 6) is 0.743. The molecule has 0 amide bonds. The summed E-state index contributed by atoms with van der Waals surface area (Å²) in [5, 5.41) is 3.38. The molecule has 0 aromatic rings. The van der Waals surface area contributed by atoms with Crippen molar-refractivity contribution in [2.45, 2.75) is 72.5 Å². The van der Waals surface area contributed by atoms with Crippen LogP contribution in [0.3, 0.4) is 0 Å². The highest BCUT2D eigenvalue weighted by Crippen LogP contribution is 2.17. The van der Waals surface area contributed by atoms with Crippen LogP contribution < -0.4 is 5.32 Å². The molecule has 2 atom stereocenters. The van der Waals surface area contributed by atoms with E-state index in [1.807, 2.05) is 0 Å². The molecule has 0 rings (SSSR count). The molecule has 0 saturated heterocycles. The van der Waals surface area contributed by atoms with Crippen LogP contribution in [0.15, 0.2) is 0 Å². The molecule has 0 spiro atoms. The monoisotopic (exact) mass is 228 g/mol. The van der Waals surface area contributed by atoms with Crippen molar-refractivity contribution in [3.8, 4) is 0 Å². The van der Waals surface area contributed by atoms with E-state index in [2.05, 4.69) is 58.8 Å². The Hall–Kier alpha value is -0.0800. The van der Waals surface area contributed by atoms with Crippen molar-refractivity contribution in [1.82, 2.24) is 10.2 Å². The minimum absolute atomic E-state index is 0.555. The molecule has 16 heavy (non-hydrogen) atoms. The summed E-state index contributed by atoms with van der Waals surface area (Å²) in [6, 6.07) is 1.89. The van der Waals surface area contributed by atoms with Gasteiger partial charge in [-0.15, -0.1) is 0 Å². The van der Waals surface area contributed by atoms with Crippen molar-refractivity contribution >= 4 is 0 Å². The van der Waals surface area contributed by atoms with Gasteiger partial charge in [-0.05, 0) is 39.7 Å².